The Balaban J connectivity index is 2.71. The highest BCUT2D eigenvalue weighted by molar-refractivity contribution is 5.11. The average Bonchev–Trinajstić information content (AvgIpc) is 2.17. The molecule has 1 atom stereocenters. The molecule has 2 heteroatoms. The highest BCUT2D eigenvalue weighted by atomic mass is 19.3. The molecular formula is C12H18F2. The van der Waals surface area contributed by atoms with Crippen molar-refractivity contribution in [1.29, 1.82) is 0 Å². The van der Waals surface area contributed by atoms with Crippen LogP contribution in [0.5, 0.6) is 0 Å². The third kappa shape index (κ3) is 3.29. The molecule has 1 rings (SSSR count). The molecule has 0 aliphatic heterocycles. The van der Waals surface area contributed by atoms with Crippen molar-refractivity contribution in [2.24, 2.45) is 5.41 Å². The van der Waals surface area contributed by atoms with Gasteiger partial charge in [-0.2, -0.15) is 8.78 Å². The van der Waals surface area contributed by atoms with Crippen molar-refractivity contribution in [2.75, 3.05) is 0 Å². The summed E-state index contributed by atoms with van der Waals surface area (Å²) in [4.78, 5) is 0. The molecule has 0 saturated carbocycles. The summed E-state index contributed by atoms with van der Waals surface area (Å²) in [6, 6.07) is 0. The van der Waals surface area contributed by atoms with Crippen molar-refractivity contribution >= 4 is 0 Å². The lowest BCUT2D eigenvalue weighted by Crippen LogP contribution is -2.13. The topological polar surface area (TPSA) is 0 Å². The second kappa shape index (κ2) is 4.29. The summed E-state index contributed by atoms with van der Waals surface area (Å²) in [7, 11) is 0. The lowest BCUT2D eigenvalue weighted by atomic mass is 9.80. The first-order valence-electron chi connectivity index (χ1n) is 5.35. The molecule has 0 nitrogen and oxygen atoms in total. The Kier molecular flexibility index (Phi) is 3.53. The minimum Gasteiger partial charge on any atom is -0.192 e. The van der Waals surface area contributed by atoms with Gasteiger partial charge in [-0.3, -0.25) is 0 Å². The average molecular weight is 200 g/mol. The fraction of sp³-hybridized carbons (Fsp3) is 0.833. The Morgan fingerprint density at radius 3 is 2.50 bits per heavy atom. The molecule has 0 aromatic heterocycles. The van der Waals surface area contributed by atoms with Crippen LogP contribution in [0.15, 0.2) is 0 Å². The van der Waals surface area contributed by atoms with E-state index in [1.54, 1.807) is 0 Å². The van der Waals surface area contributed by atoms with Crippen LogP contribution in [-0.4, -0.2) is 5.92 Å². The van der Waals surface area contributed by atoms with Crippen LogP contribution < -0.4 is 0 Å². The van der Waals surface area contributed by atoms with E-state index in [1.807, 2.05) is 0 Å². The summed E-state index contributed by atoms with van der Waals surface area (Å²) in [5, 5.41) is 0. The minimum atomic E-state index is -2.75. The van der Waals surface area contributed by atoms with Crippen LogP contribution in [0.1, 0.15) is 52.4 Å². The second-order valence-corrected chi connectivity index (χ2v) is 4.55. The fourth-order valence-corrected chi connectivity index (χ4v) is 1.74. The maximum Gasteiger partial charge on any atom is 0.308 e. The molecule has 0 aromatic carbocycles. The summed E-state index contributed by atoms with van der Waals surface area (Å²) in [6.45, 7) is 4.25. The first-order chi connectivity index (χ1) is 6.47. The van der Waals surface area contributed by atoms with E-state index in [0.717, 1.165) is 19.3 Å². The minimum absolute atomic E-state index is 0.0696. The smallest absolute Gasteiger partial charge is 0.192 e. The lowest BCUT2D eigenvalue weighted by molar-refractivity contribution is 0.0535. The number of halogens is 2. The largest absolute Gasteiger partial charge is 0.308 e. The van der Waals surface area contributed by atoms with Crippen molar-refractivity contribution in [2.45, 2.75) is 58.3 Å². The molecule has 14 heavy (non-hydrogen) atoms. The second-order valence-electron chi connectivity index (χ2n) is 4.55. The third-order valence-electron chi connectivity index (χ3n) is 3.16. The number of alkyl halides is 2. The molecule has 0 aromatic rings. The molecule has 0 heterocycles. The van der Waals surface area contributed by atoms with E-state index in [9.17, 15) is 8.78 Å². The SMILES string of the molecule is CCC1(C)CC#CC(F)(F)CCCC1. The van der Waals surface area contributed by atoms with Crippen molar-refractivity contribution in [3.05, 3.63) is 0 Å². The van der Waals surface area contributed by atoms with Crippen LogP contribution in [0.25, 0.3) is 0 Å². The summed E-state index contributed by atoms with van der Waals surface area (Å²) < 4.78 is 26.0. The quantitative estimate of drug-likeness (QED) is 0.561. The fourth-order valence-electron chi connectivity index (χ4n) is 1.74. The van der Waals surface area contributed by atoms with E-state index in [4.69, 9.17) is 0 Å². The molecule has 0 saturated heterocycles. The molecule has 0 N–H and O–H groups in total. The summed E-state index contributed by atoms with van der Waals surface area (Å²) in [5.41, 5.74) is 0.146. The van der Waals surface area contributed by atoms with Gasteiger partial charge in [-0.15, -0.1) is 0 Å². The van der Waals surface area contributed by atoms with Crippen molar-refractivity contribution in [3.8, 4) is 11.8 Å². The van der Waals surface area contributed by atoms with Gasteiger partial charge in [0, 0.05) is 12.8 Å². The van der Waals surface area contributed by atoms with Crippen molar-refractivity contribution in [1.82, 2.24) is 0 Å². The molecule has 1 unspecified atom stereocenters. The Labute approximate surface area is 85.1 Å². The molecule has 0 amide bonds. The Bertz CT molecular complexity index is 247. The Morgan fingerprint density at radius 1 is 1.21 bits per heavy atom. The van der Waals surface area contributed by atoms with Gasteiger partial charge in [0.15, 0.2) is 0 Å². The molecule has 0 fully saturated rings. The predicted octanol–water partition coefficient (Wildman–Crippen LogP) is 4.01. The van der Waals surface area contributed by atoms with Gasteiger partial charge in [0.1, 0.15) is 0 Å². The molecule has 0 spiro atoms. The molecule has 80 valence electrons. The normalized spacial score (nSPS) is 32.0. The van der Waals surface area contributed by atoms with Gasteiger partial charge in [-0.25, -0.2) is 0 Å². The van der Waals surface area contributed by atoms with E-state index in [1.165, 1.54) is 0 Å². The zero-order valence-electron chi connectivity index (χ0n) is 9.00. The number of rotatable bonds is 1. The van der Waals surface area contributed by atoms with E-state index in [-0.39, 0.29) is 11.8 Å². The van der Waals surface area contributed by atoms with Gasteiger partial charge in [0.05, 0.1) is 0 Å². The van der Waals surface area contributed by atoms with Crippen LogP contribution in [0, 0.1) is 17.3 Å². The molecule has 0 bridgehead atoms. The van der Waals surface area contributed by atoms with E-state index in [2.05, 4.69) is 25.7 Å². The maximum atomic E-state index is 13.0. The Hall–Kier alpha value is -0.580. The summed E-state index contributed by atoms with van der Waals surface area (Å²) in [6.07, 6.45) is 4.07. The van der Waals surface area contributed by atoms with Gasteiger partial charge in [0.25, 0.3) is 0 Å². The molecule has 1 aliphatic rings. The first-order valence-corrected chi connectivity index (χ1v) is 5.35. The lowest BCUT2D eigenvalue weighted by Gasteiger charge is -2.25. The summed E-state index contributed by atoms with van der Waals surface area (Å²) in [5.74, 6) is 2.02. The van der Waals surface area contributed by atoms with Gasteiger partial charge >= 0.3 is 5.92 Å². The highest BCUT2D eigenvalue weighted by Gasteiger charge is 2.28. The van der Waals surface area contributed by atoms with Crippen LogP contribution in [0.2, 0.25) is 0 Å². The van der Waals surface area contributed by atoms with Gasteiger partial charge in [-0.05, 0) is 30.6 Å². The zero-order valence-corrected chi connectivity index (χ0v) is 9.00. The van der Waals surface area contributed by atoms with Crippen molar-refractivity contribution in [3.63, 3.8) is 0 Å². The van der Waals surface area contributed by atoms with E-state index < -0.39 is 5.92 Å². The standard InChI is InChI=1S/C12H18F2/c1-3-11(2)7-4-5-9-12(13,14)10-6-8-11/h3-5,7-9H2,1-2H3. The number of hydrogen-bond donors (Lipinski definition) is 0. The molecular weight excluding hydrogens is 182 g/mol. The zero-order chi connectivity index (χ0) is 10.7. The number of hydrogen-bond acceptors (Lipinski definition) is 0. The van der Waals surface area contributed by atoms with Gasteiger partial charge < -0.3 is 0 Å². The van der Waals surface area contributed by atoms with Crippen LogP contribution in [0.4, 0.5) is 8.78 Å². The van der Waals surface area contributed by atoms with Crippen molar-refractivity contribution < 1.29 is 8.78 Å². The van der Waals surface area contributed by atoms with Crippen LogP contribution in [0.3, 0.4) is 0 Å². The Morgan fingerprint density at radius 2 is 1.86 bits per heavy atom. The van der Waals surface area contributed by atoms with E-state index >= 15 is 0 Å². The molecule has 1 aliphatic carbocycles. The van der Waals surface area contributed by atoms with Crippen LogP contribution in [-0.2, 0) is 0 Å². The maximum absolute atomic E-state index is 13.0. The molecule has 0 radical (unpaired) electrons. The highest BCUT2D eigenvalue weighted by Crippen LogP contribution is 2.34. The monoisotopic (exact) mass is 200 g/mol. The van der Waals surface area contributed by atoms with Crippen LogP contribution >= 0.6 is 0 Å². The third-order valence-corrected chi connectivity index (χ3v) is 3.16. The van der Waals surface area contributed by atoms with Gasteiger partial charge in [-0.1, -0.05) is 26.2 Å². The van der Waals surface area contributed by atoms with E-state index in [0.29, 0.717) is 12.8 Å². The predicted molar refractivity (Wildman–Crippen MR) is 54.2 cm³/mol. The van der Waals surface area contributed by atoms with Gasteiger partial charge in [0.2, 0.25) is 0 Å². The first kappa shape index (κ1) is 11.5. The summed E-state index contributed by atoms with van der Waals surface area (Å²) >= 11 is 0.